The van der Waals surface area contributed by atoms with Gasteiger partial charge in [0.15, 0.2) is 0 Å². The third kappa shape index (κ3) is 7.53. The Morgan fingerprint density at radius 3 is 2.58 bits per heavy atom. The van der Waals surface area contributed by atoms with Gasteiger partial charge in [-0.25, -0.2) is 4.42 Å². The van der Waals surface area contributed by atoms with Crippen LogP contribution >= 0.6 is 24.2 Å². The maximum atomic E-state index is 9.17. The molecule has 1 atom stereocenters. The van der Waals surface area contributed by atoms with Crippen molar-refractivity contribution in [2.24, 2.45) is 0 Å². The molecule has 1 saturated heterocycles. The van der Waals surface area contributed by atoms with Crippen LogP contribution in [0.1, 0.15) is 18.9 Å². The van der Waals surface area contributed by atoms with Crippen molar-refractivity contribution >= 4 is 30.5 Å². The van der Waals surface area contributed by atoms with Crippen LogP contribution in [-0.4, -0.2) is 36.4 Å². The van der Waals surface area contributed by atoms with Crippen LogP contribution in [0.2, 0.25) is 0 Å². The van der Waals surface area contributed by atoms with Crippen molar-refractivity contribution < 1.29 is 4.79 Å². The van der Waals surface area contributed by atoms with Gasteiger partial charge in [-0.3, -0.25) is 0 Å². The second-order valence-electron chi connectivity index (χ2n) is 4.25. The van der Waals surface area contributed by atoms with Gasteiger partial charge in [-0.1, -0.05) is 37.3 Å². The molecule has 0 amide bonds. The number of carbonyl (C=O) groups is 1. The largest absolute Gasteiger partial charge is 0.314 e. The van der Waals surface area contributed by atoms with Crippen molar-refractivity contribution in [3.8, 4) is 0 Å². The molecule has 3 nitrogen and oxygen atoms in total. The van der Waals surface area contributed by atoms with Gasteiger partial charge >= 0.3 is 0 Å². The molecule has 0 spiro atoms. The first kappa shape index (κ1) is 18.4. The molecule has 0 aromatic heterocycles. The minimum absolute atomic E-state index is 0. The van der Waals surface area contributed by atoms with Gasteiger partial charge in [0.1, 0.15) is 6.29 Å². The van der Waals surface area contributed by atoms with Gasteiger partial charge in [0, 0.05) is 32.1 Å². The summed E-state index contributed by atoms with van der Waals surface area (Å²) in [6.45, 7) is 4.72. The van der Waals surface area contributed by atoms with E-state index in [1.807, 2.05) is 17.4 Å². The molecule has 1 fully saturated rings. The summed E-state index contributed by atoms with van der Waals surface area (Å²) in [6.07, 6.45) is 2.54. The first-order valence-corrected chi connectivity index (χ1v) is 6.72. The summed E-state index contributed by atoms with van der Waals surface area (Å²) >= 11 is 6.13. The van der Waals surface area contributed by atoms with E-state index >= 15 is 0 Å². The van der Waals surface area contributed by atoms with Gasteiger partial charge in [0.25, 0.3) is 0 Å². The van der Waals surface area contributed by atoms with Gasteiger partial charge in [-0.2, -0.15) is 0 Å². The molecule has 5 heteroatoms. The Bertz CT molecular complexity index is 335. The van der Waals surface area contributed by atoms with E-state index in [4.69, 9.17) is 11.8 Å². The second kappa shape index (κ2) is 11.2. The minimum Gasteiger partial charge on any atom is -0.314 e. The fourth-order valence-electron chi connectivity index (χ4n) is 1.79. The van der Waals surface area contributed by atoms with Crippen LogP contribution in [0.5, 0.6) is 0 Å². The highest BCUT2D eigenvalue weighted by Gasteiger charge is 2.20. The molecule has 1 N–H and O–H groups in total. The highest BCUT2D eigenvalue weighted by molar-refractivity contribution is 6.13. The number of halogens is 2. The average Bonchev–Trinajstić information content (AvgIpc) is 2.43. The number of hydrogen-bond donors (Lipinski definition) is 1. The number of piperazine rings is 1. The highest BCUT2D eigenvalue weighted by Crippen LogP contribution is 2.12. The van der Waals surface area contributed by atoms with Crippen LogP contribution in [0.3, 0.4) is 0 Å². The van der Waals surface area contributed by atoms with Crippen LogP contribution in [0, 0.1) is 0 Å². The van der Waals surface area contributed by atoms with E-state index in [1.165, 1.54) is 5.56 Å². The molecule has 0 bridgehead atoms. The van der Waals surface area contributed by atoms with Crippen molar-refractivity contribution in [3.63, 3.8) is 0 Å². The third-order valence-electron chi connectivity index (χ3n) is 2.76. The van der Waals surface area contributed by atoms with Crippen LogP contribution in [0.4, 0.5) is 0 Å². The Balaban J connectivity index is 0.000000576. The van der Waals surface area contributed by atoms with Crippen molar-refractivity contribution in [2.45, 2.75) is 25.8 Å². The monoisotopic (exact) mass is 304 g/mol. The van der Waals surface area contributed by atoms with Crippen molar-refractivity contribution in [1.82, 2.24) is 9.74 Å². The number of benzene rings is 1. The summed E-state index contributed by atoms with van der Waals surface area (Å²) in [5, 5.41) is 3.36. The summed E-state index contributed by atoms with van der Waals surface area (Å²) in [6, 6.07) is 10.9. The zero-order chi connectivity index (χ0) is 13.2. The van der Waals surface area contributed by atoms with Crippen LogP contribution in [0.15, 0.2) is 30.3 Å². The molecule has 2 rings (SSSR count). The minimum atomic E-state index is 0. The fraction of sp³-hybridized carbons (Fsp3) is 0.500. The van der Waals surface area contributed by atoms with E-state index in [1.54, 1.807) is 0 Å². The van der Waals surface area contributed by atoms with E-state index in [0.717, 1.165) is 32.3 Å². The summed E-state index contributed by atoms with van der Waals surface area (Å²) in [7, 11) is 0. The lowest BCUT2D eigenvalue weighted by molar-refractivity contribution is -0.107. The first-order chi connectivity index (χ1) is 8.77. The van der Waals surface area contributed by atoms with Crippen molar-refractivity contribution in [2.75, 3.05) is 19.6 Å². The Kier molecular flexibility index (Phi) is 10.9. The Labute approximate surface area is 126 Å². The zero-order valence-corrected chi connectivity index (χ0v) is 12.8. The van der Waals surface area contributed by atoms with E-state index < -0.39 is 0 Å². The summed E-state index contributed by atoms with van der Waals surface area (Å²) < 4.78 is 1.92. The van der Waals surface area contributed by atoms with Crippen molar-refractivity contribution in [1.29, 1.82) is 0 Å². The molecule has 1 heterocycles. The molecule has 0 saturated carbocycles. The standard InChI is InChI=1S/C11H15ClN2.C3H6O.ClH/c12-14-7-6-13-9-11(14)8-10-4-2-1-3-5-10;1-2-3-4;/h1-5,11,13H,6-9H2;3H,2H2,1H3;1H. The third-order valence-corrected chi connectivity index (χ3v) is 3.20. The number of aldehydes is 1. The van der Waals surface area contributed by atoms with Gasteiger partial charge in [0.05, 0.1) is 0 Å². The molecule has 108 valence electrons. The summed E-state index contributed by atoms with van der Waals surface area (Å²) in [5.41, 5.74) is 1.35. The number of hydrogen-bond acceptors (Lipinski definition) is 3. The van der Waals surface area contributed by atoms with Gasteiger partial charge in [0.2, 0.25) is 0 Å². The predicted molar refractivity (Wildman–Crippen MR) is 83.0 cm³/mol. The molecule has 0 aliphatic carbocycles. The fourth-order valence-corrected chi connectivity index (χ4v) is 2.02. The van der Waals surface area contributed by atoms with Crippen LogP contribution in [0.25, 0.3) is 0 Å². The Hall–Kier alpha value is -0.610. The predicted octanol–water partition coefficient (Wildman–Crippen LogP) is 2.67. The summed E-state index contributed by atoms with van der Waals surface area (Å²) in [5.74, 6) is 0. The van der Waals surface area contributed by atoms with E-state index in [2.05, 4.69) is 29.6 Å². The first-order valence-electron chi connectivity index (χ1n) is 6.38. The lowest BCUT2D eigenvalue weighted by atomic mass is 10.1. The van der Waals surface area contributed by atoms with Gasteiger partial charge in [-0.05, 0) is 23.8 Å². The topological polar surface area (TPSA) is 32.3 Å². The quantitative estimate of drug-likeness (QED) is 0.688. The molecule has 1 aliphatic heterocycles. The zero-order valence-electron chi connectivity index (χ0n) is 11.2. The van der Waals surface area contributed by atoms with E-state index in [0.29, 0.717) is 12.5 Å². The smallest absolute Gasteiger partial charge is 0.119 e. The molecule has 1 unspecified atom stereocenters. The maximum absolute atomic E-state index is 9.17. The molecule has 1 aromatic rings. The number of nitrogens with zero attached hydrogens (tertiary/aromatic N) is 1. The number of nitrogens with one attached hydrogen (secondary N) is 1. The van der Waals surface area contributed by atoms with E-state index in [9.17, 15) is 4.79 Å². The number of carbonyl (C=O) groups excluding carboxylic acids is 1. The van der Waals surface area contributed by atoms with Crippen molar-refractivity contribution in [3.05, 3.63) is 35.9 Å². The Morgan fingerprint density at radius 1 is 1.42 bits per heavy atom. The maximum Gasteiger partial charge on any atom is 0.119 e. The Morgan fingerprint density at radius 2 is 2.05 bits per heavy atom. The molecule has 1 aromatic carbocycles. The van der Waals surface area contributed by atoms with Crippen LogP contribution in [-0.2, 0) is 11.2 Å². The highest BCUT2D eigenvalue weighted by atomic mass is 35.5. The van der Waals surface area contributed by atoms with Gasteiger partial charge < -0.3 is 10.1 Å². The second-order valence-corrected chi connectivity index (χ2v) is 4.68. The average molecular weight is 305 g/mol. The number of rotatable bonds is 3. The van der Waals surface area contributed by atoms with Crippen LogP contribution < -0.4 is 5.32 Å². The molecule has 1 aliphatic rings. The molecule has 19 heavy (non-hydrogen) atoms. The molecular weight excluding hydrogens is 283 g/mol. The SMILES string of the molecule is CCC=O.Cl.ClN1CCNCC1Cc1ccccc1. The summed E-state index contributed by atoms with van der Waals surface area (Å²) in [4.78, 5) is 9.17. The lowest BCUT2D eigenvalue weighted by Crippen LogP contribution is -2.47. The lowest BCUT2D eigenvalue weighted by Gasteiger charge is -2.30. The van der Waals surface area contributed by atoms with E-state index in [-0.39, 0.29) is 12.4 Å². The van der Waals surface area contributed by atoms with Gasteiger partial charge in [-0.15, -0.1) is 12.4 Å². The normalized spacial score (nSPS) is 18.7. The molecule has 0 radical (unpaired) electrons. The molecular formula is C14H22Cl2N2O.